The highest BCUT2D eigenvalue weighted by atomic mass is 32.2. The number of amides is 1. The number of thioether (sulfide) groups is 1. The third kappa shape index (κ3) is 3.91. The molecular weight excluding hydrogens is 406 g/mol. The lowest BCUT2D eigenvalue weighted by Crippen LogP contribution is -2.38. The maximum atomic E-state index is 12.8. The summed E-state index contributed by atoms with van der Waals surface area (Å²) < 4.78 is 7.71. The lowest BCUT2D eigenvalue weighted by Gasteiger charge is -2.22. The average molecular weight is 430 g/mol. The van der Waals surface area contributed by atoms with Crippen LogP contribution in [0.2, 0.25) is 0 Å². The third-order valence-electron chi connectivity index (χ3n) is 5.32. The van der Waals surface area contributed by atoms with E-state index in [1.54, 1.807) is 19.2 Å². The average Bonchev–Trinajstić information content (AvgIpc) is 3.30. The van der Waals surface area contributed by atoms with Crippen molar-refractivity contribution in [3.63, 3.8) is 0 Å². The fourth-order valence-corrected chi connectivity index (χ4v) is 4.52. The SMILES string of the molecule is Cn1c(=O)c2c(SCC(=O)NC3CCCCC3)nc(-c3ccco3)nc2n(C)c1=O. The van der Waals surface area contributed by atoms with Crippen molar-refractivity contribution in [2.75, 3.05) is 5.75 Å². The minimum atomic E-state index is -0.491. The van der Waals surface area contributed by atoms with E-state index < -0.39 is 11.2 Å². The van der Waals surface area contributed by atoms with Crippen molar-refractivity contribution in [2.24, 2.45) is 14.1 Å². The molecule has 0 aliphatic heterocycles. The van der Waals surface area contributed by atoms with Gasteiger partial charge in [0.2, 0.25) is 5.91 Å². The molecule has 1 fully saturated rings. The van der Waals surface area contributed by atoms with Crippen molar-refractivity contribution < 1.29 is 9.21 Å². The molecule has 1 saturated carbocycles. The summed E-state index contributed by atoms with van der Waals surface area (Å²) in [5.41, 5.74) is -0.767. The molecule has 0 spiro atoms. The Morgan fingerprint density at radius 2 is 1.97 bits per heavy atom. The lowest BCUT2D eigenvalue weighted by atomic mass is 9.95. The fourth-order valence-electron chi connectivity index (χ4n) is 3.70. The number of hydrogen-bond donors (Lipinski definition) is 1. The number of hydrogen-bond acceptors (Lipinski definition) is 7. The predicted octanol–water partition coefficient (Wildman–Crippen LogP) is 1.83. The van der Waals surface area contributed by atoms with E-state index in [2.05, 4.69) is 15.3 Å². The number of aromatic nitrogens is 4. The van der Waals surface area contributed by atoms with Gasteiger partial charge in [-0.3, -0.25) is 18.7 Å². The monoisotopic (exact) mass is 429 g/mol. The van der Waals surface area contributed by atoms with E-state index in [1.807, 2.05) is 0 Å². The van der Waals surface area contributed by atoms with Crippen LogP contribution >= 0.6 is 11.8 Å². The number of rotatable bonds is 5. The molecule has 1 aliphatic rings. The highest BCUT2D eigenvalue weighted by Crippen LogP contribution is 2.26. The van der Waals surface area contributed by atoms with Gasteiger partial charge in [0, 0.05) is 20.1 Å². The van der Waals surface area contributed by atoms with E-state index in [0.29, 0.717) is 10.8 Å². The molecule has 0 bridgehead atoms. The van der Waals surface area contributed by atoms with E-state index in [4.69, 9.17) is 4.42 Å². The molecule has 3 heterocycles. The molecular formula is C20H23N5O4S. The Morgan fingerprint density at radius 1 is 1.20 bits per heavy atom. The first-order valence-corrected chi connectivity index (χ1v) is 10.9. The molecule has 1 N–H and O–H groups in total. The van der Waals surface area contributed by atoms with Crippen LogP contribution in [0.5, 0.6) is 0 Å². The molecule has 30 heavy (non-hydrogen) atoms. The van der Waals surface area contributed by atoms with Gasteiger partial charge in [-0.1, -0.05) is 31.0 Å². The van der Waals surface area contributed by atoms with Gasteiger partial charge in [-0.05, 0) is 25.0 Å². The van der Waals surface area contributed by atoms with Crippen LogP contribution in [-0.2, 0) is 18.9 Å². The maximum absolute atomic E-state index is 12.8. The molecule has 4 rings (SSSR count). The second kappa shape index (κ2) is 8.47. The van der Waals surface area contributed by atoms with Gasteiger partial charge in [0.25, 0.3) is 5.56 Å². The number of nitrogens with one attached hydrogen (secondary N) is 1. The highest BCUT2D eigenvalue weighted by Gasteiger charge is 2.21. The Bertz CT molecular complexity index is 1190. The highest BCUT2D eigenvalue weighted by molar-refractivity contribution is 8.00. The zero-order valence-electron chi connectivity index (χ0n) is 16.9. The van der Waals surface area contributed by atoms with Gasteiger partial charge >= 0.3 is 5.69 Å². The van der Waals surface area contributed by atoms with E-state index in [0.717, 1.165) is 42.0 Å². The van der Waals surface area contributed by atoms with Gasteiger partial charge < -0.3 is 9.73 Å². The van der Waals surface area contributed by atoms with Crippen LogP contribution in [0.4, 0.5) is 0 Å². The van der Waals surface area contributed by atoms with E-state index in [1.165, 1.54) is 24.3 Å². The minimum absolute atomic E-state index is 0.0974. The van der Waals surface area contributed by atoms with Gasteiger partial charge in [0.1, 0.15) is 10.4 Å². The van der Waals surface area contributed by atoms with Crippen molar-refractivity contribution >= 4 is 28.7 Å². The van der Waals surface area contributed by atoms with Crippen LogP contribution in [0.3, 0.4) is 0 Å². The topological polar surface area (TPSA) is 112 Å². The normalized spacial score (nSPS) is 14.9. The second-order valence-corrected chi connectivity index (χ2v) is 8.39. The zero-order valence-corrected chi connectivity index (χ0v) is 17.7. The predicted molar refractivity (Wildman–Crippen MR) is 113 cm³/mol. The summed E-state index contributed by atoms with van der Waals surface area (Å²) in [4.78, 5) is 46.5. The number of carbonyl (C=O) groups excluding carboxylic acids is 1. The molecule has 0 saturated heterocycles. The summed E-state index contributed by atoms with van der Waals surface area (Å²) in [5, 5.41) is 3.63. The van der Waals surface area contributed by atoms with Crippen molar-refractivity contribution in [1.29, 1.82) is 0 Å². The molecule has 1 amide bonds. The summed E-state index contributed by atoms with van der Waals surface area (Å²) >= 11 is 1.16. The molecule has 9 nitrogen and oxygen atoms in total. The van der Waals surface area contributed by atoms with Gasteiger partial charge in [-0.2, -0.15) is 0 Å². The van der Waals surface area contributed by atoms with Gasteiger partial charge in [0.05, 0.1) is 12.0 Å². The molecule has 1 aliphatic carbocycles. The number of furan rings is 1. The Kier molecular flexibility index (Phi) is 5.76. The Balaban J connectivity index is 1.71. The first-order valence-electron chi connectivity index (χ1n) is 9.89. The van der Waals surface area contributed by atoms with Crippen molar-refractivity contribution in [3.8, 4) is 11.6 Å². The number of nitrogens with zero attached hydrogens (tertiary/aromatic N) is 4. The molecule has 0 aromatic carbocycles. The summed E-state index contributed by atoms with van der Waals surface area (Å²) in [7, 11) is 2.96. The smallest absolute Gasteiger partial charge is 0.332 e. The van der Waals surface area contributed by atoms with Gasteiger partial charge in [-0.15, -0.1) is 0 Å². The zero-order chi connectivity index (χ0) is 21.3. The first kappa shape index (κ1) is 20.4. The molecule has 3 aromatic heterocycles. The Hall–Kier alpha value is -2.88. The largest absolute Gasteiger partial charge is 0.461 e. The van der Waals surface area contributed by atoms with Crippen molar-refractivity contribution in [1.82, 2.24) is 24.4 Å². The summed E-state index contributed by atoms with van der Waals surface area (Å²) in [6, 6.07) is 3.61. The summed E-state index contributed by atoms with van der Waals surface area (Å²) in [5.74, 6) is 0.691. The van der Waals surface area contributed by atoms with Gasteiger partial charge in [-0.25, -0.2) is 14.8 Å². The molecule has 0 atom stereocenters. The summed E-state index contributed by atoms with van der Waals surface area (Å²) in [6.07, 6.45) is 6.97. The van der Waals surface area contributed by atoms with Crippen molar-refractivity contribution in [2.45, 2.75) is 43.2 Å². The van der Waals surface area contributed by atoms with E-state index in [-0.39, 0.29) is 34.6 Å². The number of carbonyl (C=O) groups is 1. The quantitative estimate of drug-likeness (QED) is 0.486. The van der Waals surface area contributed by atoms with E-state index in [9.17, 15) is 14.4 Å². The minimum Gasteiger partial charge on any atom is -0.461 e. The Morgan fingerprint density at radius 3 is 2.67 bits per heavy atom. The second-order valence-electron chi connectivity index (χ2n) is 7.43. The van der Waals surface area contributed by atoms with Crippen LogP contribution in [-0.4, -0.2) is 36.8 Å². The third-order valence-corrected chi connectivity index (χ3v) is 6.29. The van der Waals surface area contributed by atoms with Crippen LogP contribution in [0.15, 0.2) is 37.4 Å². The standard InChI is InChI=1S/C20H23N5O4S/c1-24-17-15(19(27)25(2)20(24)28)18(23-16(22-17)13-9-6-10-29-13)30-11-14(26)21-12-7-4-3-5-8-12/h6,9-10,12H,3-5,7-8,11H2,1-2H3,(H,21,26). The van der Waals surface area contributed by atoms with Gasteiger partial charge in [0.15, 0.2) is 17.2 Å². The first-order chi connectivity index (χ1) is 14.5. The Labute approximate surface area is 176 Å². The van der Waals surface area contributed by atoms with E-state index >= 15 is 0 Å². The fraction of sp³-hybridized carbons (Fsp3) is 0.450. The number of fused-ring (bicyclic) bond motifs is 1. The molecule has 10 heteroatoms. The van der Waals surface area contributed by atoms with Crippen LogP contribution in [0, 0.1) is 0 Å². The maximum Gasteiger partial charge on any atom is 0.332 e. The summed E-state index contributed by atoms with van der Waals surface area (Å²) in [6.45, 7) is 0. The number of aryl methyl sites for hydroxylation is 1. The van der Waals surface area contributed by atoms with Crippen LogP contribution in [0.1, 0.15) is 32.1 Å². The molecule has 0 unspecified atom stereocenters. The molecule has 0 radical (unpaired) electrons. The van der Waals surface area contributed by atoms with Crippen molar-refractivity contribution in [3.05, 3.63) is 39.2 Å². The van der Waals surface area contributed by atoms with Crippen LogP contribution in [0.25, 0.3) is 22.6 Å². The lowest BCUT2D eigenvalue weighted by molar-refractivity contribution is -0.119. The molecule has 158 valence electrons. The molecule has 3 aromatic rings. The van der Waals surface area contributed by atoms with Crippen LogP contribution < -0.4 is 16.6 Å².